The molecule has 0 unspecified atom stereocenters. The number of rotatable bonds is 5. The molecule has 1 heterocycles. The van der Waals surface area contributed by atoms with Crippen molar-refractivity contribution in [2.24, 2.45) is 0 Å². The van der Waals surface area contributed by atoms with Crippen molar-refractivity contribution in [3.63, 3.8) is 0 Å². The van der Waals surface area contributed by atoms with Gasteiger partial charge in [-0.2, -0.15) is 0 Å². The zero-order valence-electron chi connectivity index (χ0n) is 17.8. The van der Waals surface area contributed by atoms with Crippen LogP contribution >= 0.6 is 15.9 Å². The normalized spacial score (nSPS) is 11.5. The molecule has 1 amide bonds. The van der Waals surface area contributed by atoms with E-state index in [-0.39, 0.29) is 5.91 Å². The van der Waals surface area contributed by atoms with Gasteiger partial charge >= 0.3 is 0 Å². The molecule has 1 aromatic heterocycles. The molecular weight excluding hydrogens is 456 g/mol. The Morgan fingerprint density at radius 2 is 1.74 bits per heavy atom. The lowest BCUT2D eigenvalue weighted by Crippen LogP contribution is -2.42. The fourth-order valence-electron chi connectivity index (χ4n) is 3.13. The highest BCUT2D eigenvalue weighted by Gasteiger charge is 2.30. The summed E-state index contributed by atoms with van der Waals surface area (Å²) in [4.78, 5) is 17.5. The Hall–Kier alpha value is -3.12. The number of anilines is 1. The van der Waals surface area contributed by atoms with Gasteiger partial charge in [0.05, 0.1) is 0 Å². The van der Waals surface area contributed by atoms with Crippen molar-refractivity contribution in [3.05, 3.63) is 76.3 Å². The van der Waals surface area contributed by atoms with Crippen molar-refractivity contribution in [3.8, 4) is 17.2 Å². The molecule has 0 saturated heterocycles. The van der Waals surface area contributed by atoms with Crippen LogP contribution in [0.1, 0.15) is 25.0 Å². The molecule has 0 radical (unpaired) electrons. The van der Waals surface area contributed by atoms with Gasteiger partial charge in [0, 0.05) is 15.7 Å². The van der Waals surface area contributed by atoms with E-state index in [1.807, 2.05) is 36.4 Å². The molecule has 158 valence electrons. The highest BCUT2D eigenvalue weighted by atomic mass is 79.9. The number of oxazole rings is 1. The van der Waals surface area contributed by atoms with Crippen molar-refractivity contribution in [2.45, 2.75) is 33.3 Å². The van der Waals surface area contributed by atoms with Gasteiger partial charge in [0.1, 0.15) is 11.3 Å². The van der Waals surface area contributed by atoms with Crippen molar-refractivity contribution in [2.75, 3.05) is 5.32 Å². The summed E-state index contributed by atoms with van der Waals surface area (Å²) in [7, 11) is 0. The summed E-state index contributed by atoms with van der Waals surface area (Å²) >= 11 is 3.39. The van der Waals surface area contributed by atoms with E-state index in [0.717, 1.165) is 10.0 Å². The van der Waals surface area contributed by atoms with Gasteiger partial charge < -0.3 is 14.5 Å². The Bertz CT molecular complexity index is 1260. The van der Waals surface area contributed by atoms with Crippen LogP contribution in [0.25, 0.3) is 22.6 Å². The van der Waals surface area contributed by atoms with Crippen molar-refractivity contribution >= 4 is 38.6 Å². The number of aryl methyl sites for hydroxylation is 2. The third kappa shape index (κ3) is 4.64. The summed E-state index contributed by atoms with van der Waals surface area (Å²) in [6.45, 7) is 7.60. The summed E-state index contributed by atoms with van der Waals surface area (Å²) < 4.78 is 12.8. The molecule has 0 fully saturated rings. The molecule has 5 nitrogen and oxygen atoms in total. The van der Waals surface area contributed by atoms with E-state index in [0.29, 0.717) is 28.4 Å². The molecule has 3 aromatic carbocycles. The number of aromatic nitrogens is 1. The molecule has 4 rings (SSSR count). The average Bonchev–Trinajstić information content (AvgIpc) is 3.15. The average molecular weight is 479 g/mol. The van der Waals surface area contributed by atoms with E-state index in [2.05, 4.69) is 52.2 Å². The number of nitrogens with one attached hydrogen (secondary N) is 1. The summed E-state index contributed by atoms with van der Waals surface area (Å²) in [6, 6.07) is 18.9. The Kier molecular flexibility index (Phi) is 5.58. The number of carbonyl (C=O) groups excluding carboxylic acids is 1. The number of amides is 1. The maximum absolute atomic E-state index is 12.8. The topological polar surface area (TPSA) is 64.4 Å². The van der Waals surface area contributed by atoms with Crippen LogP contribution in [0.2, 0.25) is 0 Å². The van der Waals surface area contributed by atoms with Crippen LogP contribution in [0.15, 0.2) is 69.6 Å². The Balaban J connectivity index is 1.53. The van der Waals surface area contributed by atoms with Crippen LogP contribution in [0, 0.1) is 13.8 Å². The zero-order valence-corrected chi connectivity index (χ0v) is 19.4. The van der Waals surface area contributed by atoms with E-state index < -0.39 is 5.60 Å². The summed E-state index contributed by atoms with van der Waals surface area (Å²) in [5, 5.41) is 2.92. The maximum atomic E-state index is 12.8. The second-order valence-corrected chi connectivity index (χ2v) is 8.94. The molecule has 0 saturated carbocycles. The second-order valence-electron chi connectivity index (χ2n) is 8.02. The van der Waals surface area contributed by atoms with E-state index in [4.69, 9.17) is 9.15 Å². The molecule has 0 spiro atoms. The van der Waals surface area contributed by atoms with E-state index >= 15 is 0 Å². The lowest BCUT2D eigenvalue weighted by Gasteiger charge is -2.25. The minimum absolute atomic E-state index is 0.257. The molecule has 0 aliphatic carbocycles. The predicted octanol–water partition coefficient (Wildman–Crippen LogP) is 6.67. The molecule has 0 bridgehead atoms. The molecule has 4 aromatic rings. The lowest BCUT2D eigenvalue weighted by molar-refractivity contribution is -0.128. The number of halogens is 1. The van der Waals surface area contributed by atoms with E-state index in [9.17, 15) is 4.79 Å². The molecule has 1 N–H and O–H groups in total. The third-order valence-electron chi connectivity index (χ3n) is 5.13. The lowest BCUT2D eigenvalue weighted by atomic mass is 10.1. The first kappa shape index (κ1) is 21.1. The number of ether oxygens (including phenoxy) is 1. The smallest absolute Gasteiger partial charge is 0.267 e. The molecule has 0 aliphatic heterocycles. The fraction of sp³-hybridized carbons (Fsp3) is 0.200. The van der Waals surface area contributed by atoms with E-state index in [1.165, 1.54) is 11.1 Å². The van der Waals surface area contributed by atoms with Gasteiger partial charge in [0.2, 0.25) is 5.89 Å². The van der Waals surface area contributed by atoms with Crippen molar-refractivity contribution in [1.82, 2.24) is 4.98 Å². The molecule has 31 heavy (non-hydrogen) atoms. The van der Waals surface area contributed by atoms with Gasteiger partial charge in [-0.05, 0) is 93.4 Å². The number of hydrogen-bond acceptors (Lipinski definition) is 4. The monoisotopic (exact) mass is 478 g/mol. The summed E-state index contributed by atoms with van der Waals surface area (Å²) in [6.07, 6.45) is 0. The molecule has 6 heteroatoms. The van der Waals surface area contributed by atoms with Gasteiger partial charge in [-0.3, -0.25) is 4.79 Å². The van der Waals surface area contributed by atoms with Crippen LogP contribution in [0.4, 0.5) is 5.69 Å². The Labute approximate surface area is 189 Å². The van der Waals surface area contributed by atoms with Gasteiger partial charge in [0.25, 0.3) is 5.91 Å². The van der Waals surface area contributed by atoms with Crippen LogP contribution in [-0.2, 0) is 4.79 Å². The highest BCUT2D eigenvalue weighted by molar-refractivity contribution is 9.10. The minimum Gasteiger partial charge on any atom is -0.478 e. The highest BCUT2D eigenvalue weighted by Crippen LogP contribution is 2.28. The van der Waals surface area contributed by atoms with Crippen LogP contribution in [0.3, 0.4) is 0 Å². The van der Waals surface area contributed by atoms with Crippen LogP contribution in [-0.4, -0.2) is 16.5 Å². The third-order valence-corrected chi connectivity index (χ3v) is 5.66. The van der Waals surface area contributed by atoms with Gasteiger partial charge in [-0.1, -0.05) is 22.0 Å². The van der Waals surface area contributed by atoms with Crippen LogP contribution in [0.5, 0.6) is 5.75 Å². The van der Waals surface area contributed by atoms with E-state index in [1.54, 1.807) is 26.0 Å². The number of benzene rings is 3. The fourth-order valence-corrected chi connectivity index (χ4v) is 3.39. The van der Waals surface area contributed by atoms with Gasteiger partial charge in [-0.15, -0.1) is 0 Å². The summed E-state index contributed by atoms with van der Waals surface area (Å²) in [5.41, 5.74) is 4.24. The van der Waals surface area contributed by atoms with Gasteiger partial charge in [-0.25, -0.2) is 4.98 Å². The number of nitrogens with zero attached hydrogens (tertiary/aromatic N) is 1. The molecule has 0 atom stereocenters. The number of fused-ring (bicyclic) bond motifs is 1. The maximum Gasteiger partial charge on any atom is 0.267 e. The van der Waals surface area contributed by atoms with Crippen molar-refractivity contribution in [1.29, 1.82) is 0 Å². The van der Waals surface area contributed by atoms with Gasteiger partial charge in [0.15, 0.2) is 11.2 Å². The number of hydrogen-bond donors (Lipinski definition) is 1. The largest absolute Gasteiger partial charge is 0.478 e. The predicted molar refractivity (Wildman–Crippen MR) is 126 cm³/mol. The molecule has 0 aliphatic rings. The Morgan fingerprint density at radius 3 is 2.45 bits per heavy atom. The summed E-state index contributed by atoms with van der Waals surface area (Å²) in [5.74, 6) is 0.918. The first-order chi connectivity index (χ1) is 14.7. The Morgan fingerprint density at radius 1 is 1.00 bits per heavy atom. The minimum atomic E-state index is -1.06. The van der Waals surface area contributed by atoms with Crippen LogP contribution < -0.4 is 10.1 Å². The SMILES string of the molecule is Cc1ccc(-c2nc3cc(NC(=O)C(C)(C)Oc4ccc(Br)cc4)ccc3o2)cc1C. The zero-order chi connectivity index (χ0) is 22.2. The first-order valence-corrected chi connectivity index (χ1v) is 10.7. The molecular formula is C25H23BrN2O3. The van der Waals surface area contributed by atoms with Crippen molar-refractivity contribution < 1.29 is 13.9 Å². The standard InChI is InChI=1S/C25H23BrN2O3/c1-15-5-6-17(13-16(15)2)23-28-21-14-19(9-12-22(21)30-23)27-24(29)25(3,4)31-20-10-7-18(26)8-11-20/h5-14H,1-4H3,(H,27,29). The second kappa shape index (κ2) is 8.19. The quantitative estimate of drug-likeness (QED) is 0.347. The number of carbonyl (C=O) groups is 1. The first-order valence-electron chi connectivity index (χ1n) is 9.95.